The molecule has 0 spiro atoms. The number of piperidine rings is 1. The highest BCUT2D eigenvalue weighted by Gasteiger charge is 2.31. The zero-order valence-corrected chi connectivity index (χ0v) is 15.7. The molecule has 2 fully saturated rings. The van der Waals surface area contributed by atoms with Gasteiger partial charge in [0.2, 0.25) is 5.91 Å². The van der Waals surface area contributed by atoms with E-state index in [1.165, 1.54) is 6.42 Å². The van der Waals surface area contributed by atoms with Crippen molar-refractivity contribution in [2.75, 3.05) is 19.7 Å². The fourth-order valence-electron chi connectivity index (χ4n) is 3.98. The Morgan fingerprint density at radius 2 is 2.16 bits per heavy atom. The van der Waals surface area contributed by atoms with Gasteiger partial charge in [-0.2, -0.15) is 5.10 Å². The molecule has 140 valence electrons. The molecule has 25 heavy (non-hydrogen) atoms. The SMILES string of the molecule is Cc1nc(C)n(C[C@@H]2CCCCN2[C@@H](C)C(=O)NC[C@@H]2CCCO2)n1. The molecule has 0 radical (unpaired) electrons. The first-order chi connectivity index (χ1) is 12.0. The van der Waals surface area contributed by atoms with E-state index in [1.54, 1.807) is 0 Å². The van der Waals surface area contributed by atoms with Crippen LogP contribution < -0.4 is 5.32 Å². The number of amides is 1. The average molecular weight is 349 g/mol. The molecular formula is C18H31N5O2. The Kier molecular flexibility index (Phi) is 6.06. The molecule has 7 nitrogen and oxygen atoms in total. The summed E-state index contributed by atoms with van der Waals surface area (Å²) < 4.78 is 7.58. The maximum absolute atomic E-state index is 12.6. The second-order valence-electron chi connectivity index (χ2n) is 7.33. The van der Waals surface area contributed by atoms with Crippen LogP contribution in [0.1, 0.15) is 50.7 Å². The van der Waals surface area contributed by atoms with Gasteiger partial charge in [-0.05, 0) is 53.0 Å². The van der Waals surface area contributed by atoms with Gasteiger partial charge in [-0.15, -0.1) is 0 Å². The van der Waals surface area contributed by atoms with Crippen LogP contribution in [0.25, 0.3) is 0 Å². The average Bonchev–Trinajstić information content (AvgIpc) is 3.22. The van der Waals surface area contributed by atoms with Crippen LogP contribution in [0.3, 0.4) is 0 Å². The summed E-state index contributed by atoms with van der Waals surface area (Å²) in [7, 11) is 0. The van der Waals surface area contributed by atoms with Gasteiger partial charge < -0.3 is 10.1 Å². The van der Waals surface area contributed by atoms with Crippen LogP contribution in [0.4, 0.5) is 0 Å². The van der Waals surface area contributed by atoms with Gasteiger partial charge in [0.1, 0.15) is 11.6 Å². The van der Waals surface area contributed by atoms with Crippen molar-refractivity contribution >= 4 is 5.91 Å². The quantitative estimate of drug-likeness (QED) is 0.841. The standard InChI is InChI=1S/C18H31N5O2/c1-13(18(24)19-11-17-8-6-10-25-17)22-9-5-4-7-16(22)12-23-15(3)20-14(2)21-23/h13,16-17H,4-12H2,1-3H3,(H,19,24)/t13-,16-,17-/m0/s1. The maximum Gasteiger partial charge on any atom is 0.237 e. The molecule has 1 N–H and O–H groups in total. The minimum Gasteiger partial charge on any atom is -0.376 e. The van der Waals surface area contributed by atoms with E-state index in [-0.39, 0.29) is 18.1 Å². The van der Waals surface area contributed by atoms with Crippen molar-refractivity contribution in [2.45, 2.75) is 77.6 Å². The molecule has 0 aliphatic carbocycles. The first-order valence-electron chi connectivity index (χ1n) is 9.57. The third-order valence-corrected chi connectivity index (χ3v) is 5.42. The van der Waals surface area contributed by atoms with Crippen LogP contribution >= 0.6 is 0 Å². The summed E-state index contributed by atoms with van der Waals surface area (Å²) in [5.74, 6) is 1.86. The van der Waals surface area contributed by atoms with Crippen molar-refractivity contribution in [1.82, 2.24) is 25.0 Å². The molecule has 1 aromatic heterocycles. The van der Waals surface area contributed by atoms with Crippen molar-refractivity contribution in [3.8, 4) is 0 Å². The molecule has 0 bridgehead atoms. The number of aryl methyl sites for hydroxylation is 2. The third-order valence-electron chi connectivity index (χ3n) is 5.42. The minimum atomic E-state index is -0.128. The zero-order valence-electron chi connectivity index (χ0n) is 15.7. The fraction of sp³-hybridized carbons (Fsp3) is 0.833. The van der Waals surface area contributed by atoms with Crippen molar-refractivity contribution < 1.29 is 9.53 Å². The number of hydrogen-bond donors (Lipinski definition) is 1. The number of aromatic nitrogens is 3. The van der Waals surface area contributed by atoms with Crippen molar-refractivity contribution in [3.05, 3.63) is 11.6 Å². The molecule has 2 aliphatic rings. The molecule has 0 saturated carbocycles. The topological polar surface area (TPSA) is 72.3 Å². The summed E-state index contributed by atoms with van der Waals surface area (Å²) in [4.78, 5) is 19.4. The number of carbonyl (C=O) groups is 1. The Hall–Kier alpha value is -1.47. The lowest BCUT2D eigenvalue weighted by Crippen LogP contribution is -2.53. The predicted molar refractivity (Wildman–Crippen MR) is 95.3 cm³/mol. The molecule has 3 heterocycles. The van der Waals surface area contributed by atoms with Crippen LogP contribution in [0.5, 0.6) is 0 Å². The lowest BCUT2D eigenvalue weighted by molar-refractivity contribution is -0.128. The maximum atomic E-state index is 12.6. The molecule has 2 aliphatic heterocycles. The van der Waals surface area contributed by atoms with E-state index < -0.39 is 0 Å². The summed E-state index contributed by atoms with van der Waals surface area (Å²) >= 11 is 0. The molecule has 7 heteroatoms. The van der Waals surface area contributed by atoms with E-state index >= 15 is 0 Å². The molecular weight excluding hydrogens is 318 g/mol. The van der Waals surface area contributed by atoms with E-state index in [2.05, 4.69) is 20.3 Å². The van der Waals surface area contributed by atoms with Crippen molar-refractivity contribution in [2.24, 2.45) is 0 Å². The highest BCUT2D eigenvalue weighted by molar-refractivity contribution is 5.81. The summed E-state index contributed by atoms with van der Waals surface area (Å²) in [5, 5.41) is 7.57. The second-order valence-corrected chi connectivity index (χ2v) is 7.33. The normalized spacial score (nSPS) is 25.9. The zero-order chi connectivity index (χ0) is 17.8. The Morgan fingerprint density at radius 1 is 1.32 bits per heavy atom. The van der Waals surface area contributed by atoms with Gasteiger partial charge in [-0.3, -0.25) is 9.69 Å². The lowest BCUT2D eigenvalue weighted by atomic mass is 9.99. The van der Waals surface area contributed by atoms with Crippen molar-refractivity contribution in [1.29, 1.82) is 0 Å². The first kappa shape index (κ1) is 18.3. The Bertz CT molecular complexity index is 582. The van der Waals surface area contributed by atoms with Gasteiger partial charge in [0, 0.05) is 19.2 Å². The lowest BCUT2D eigenvalue weighted by Gasteiger charge is -2.39. The Morgan fingerprint density at radius 3 is 2.84 bits per heavy atom. The smallest absolute Gasteiger partial charge is 0.237 e. The molecule has 3 atom stereocenters. The van der Waals surface area contributed by atoms with Gasteiger partial charge in [-0.25, -0.2) is 9.67 Å². The van der Waals surface area contributed by atoms with E-state index in [4.69, 9.17) is 4.74 Å². The van der Waals surface area contributed by atoms with E-state index in [0.29, 0.717) is 12.6 Å². The van der Waals surface area contributed by atoms with E-state index in [1.807, 2.05) is 25.5 Å². The van der Waals surface area contributed by atoms with Crippen LogP contribution in [-0.4, -0.2) is 63.5 Å². The fourth-order valence-corrected chi connectivity index (χ4v) is 3.98. The highest BCUT2D eigenvalue weighted by Crippen LogP contribution is 2.21. The summed E-state index contributed by atoms with van der Waals surface area (Å²) in [6.45, 7) is 9.14. The van der Waals surface area contributed by atoms with E-state index in [9.17, 15) is 4.79 Å². The predicted octanol–water partition coefficient (Wildman–Crippen LogP) is 1.43. The van der Waals surface area contributed by atoms with Crippen LogP contribution in [0.2, 0.25) is 0 Å². The monoisotopic (exact) mass is 349 g/mol. The number of nitrogens with zero attached hydrogens (tertiary/aromatic N) is 4. The first-order valence-corrected chi connectivity index (χ1v) is 9.57. The highest BCUT2D eigenvalue weighted by atomic mass is 16.5. The van der Waals surface area contributed by atoms with E-state index in [0.717, 1.165) is 57.0 Å². The molecule has 2 saturated heterocycles. The molecule has 3 rings (SSSR count). The van der Waals surface area contributed by atoms with Gasteiger partial charge >= 0.3 is 0 Å². The summed E-state index contributed by atoms with van der Waals surface area (Å²) in [6, 6.07) is 0.202. The molecule has 0 aromatic carbocycles. The minimum absolute atomic E-state index is 0.105. The van der Waals surface area contributed by atoms with Gasteiger partial charge in [-0.1, -0.05) is 6.42 Å². The Balaban J connectivity index is 1.58. The summed E-state index contributed by atoms with van der Waals surface area (Å²) in [6.07, 6.45) is 5.79. The number of hydrogen-bond acceptors (Lipinski definition) is 5. The number of ether oxygens (including phenoxy) is 1. The van der Waals surface area contributed by atoms with Crippen LogP contribution in [0, 0.1) is 13.8 Å². The Labute approximate surface area is 150 Å². The number of likely N-dealkylation sites (tertiary alicyclic amines) is 1. The number of carbonyl (C=O) groups excluding carboxylic acids is 1. The van der Waals surface area contributed by atoms with Gasteiger partial charge in [0.25, 0.3) is 0 Å². The van der Waals surface area contributed by atoms with Crippen LogP contribution in [-0.2, 0) is 16.1 Å². The number of nitrogens with one attached hydrogen (secondary N) is 1. The number of rotatable bonds is 6. The second kappa shape index (κ2) is 8.27. The van der Waals surface area contributed by atoms with Crippen molar-refractivity contribution in [3.63, 3.8) is 0 Å². The molecule has 1 aromatic rings. The summed E-state index contributed by atoms with van der Waals surface area (Å²) in [5.41, 5.74) is 0. The molecule has 0 unspecified atom stereocenters. The van der Waals surface area contributed by atoms with Crippen LogP contribution in [0.15, 0.2) is 0 Å². The van der Waals surface area contributed by atoms with Gasteiger partial charge in [0.15, 0.2) is 0 Å². The van der Waals surface area contributed by atoms with Gasteiger partial charge in [0.05, 0.1) is 18.7 Å². The molecule has 1 amide bonds. The third kappa shape index (κ3) is 4.58. The largest absolute Gasteiger partial charge is 0.376 e.